The van der Waals surface area contributed by atoms with Crippen LogP contribution < -0.4 is 28.7 Å². The highest BCUT2D eigenvalue weighted by molar-refractivity contribution is 7.80. The maximum absolute atomic E-state index is 10.8. The minimum atomic E-state index is -1.22. The summed E-state index contributed by atoms with van der Waals surface area (Å²) in [4.78, 5) is 54.9. The van der Waals surface area contributed by atoms with Gasteiger partial charge in [-0.25, -0.2) is 0 Å². The number of carboxylic acids is 5. The van der Waals surface area contributed by atoms with Crippen molar-refractivity contribution in [3.05, 3.63) is 130 Å². The first-order valence-electron chi connectivity index (χ1n) is 19.9. The van der Waals surface area contributed by atoms with E-state index in [1.54, 1.807) is 0 Å². The second kappa shape index (κ2) is 28.2. The molecule has 4 rings (SSSR count). The van der Waals surface area contributed by atoms with Crippen molar-refractivity contribution < 1.29 is 49.5 Å². The Morgan fingerprint density at radius 1 is 0.394 bits per heavy atom. The lowest BCUT2D eigenvalue weighted by Crippen LogP contribution is -2.46. The largest absolute Gasteiger partial charge is 0.480 e. The molecule has 5 unspecified atom stereocenters. The molecule has 5 atom stereocenters. The number of carbonyl (C=O) groups is 5. The fourth-order valence-corrected chi connectivity index (χ4v) is 5.89. The number of hydrogen-bond donors (Lipinski definition) is 15. The van der Waals surface area contributed by atoms with Crippen molar-refractivity contribution in [2.45, 2.75) is 109 Å². The van der Waals surface area contributed by atoms with Crippen LogP contribution in [0.3, 0.4) is 0 Å². The van der Waals surface area contributed by atoms with Crippen LogP contribution >= 0.6 is 63.1 Å². The predicted octanol–water partition coefficient (Wildman–Crippen LogP) is 5.28. The van der Waals surface area contributed by atoms with Gasteiger partial charge in [0.2, 0.25) is 0 Å². The third kappa shape index (κ3) is 24.0. The van der Waals surface area contributed by atoms with E-state index in [0.29, 0.717) is 37.2 Å². The summed E-state index contributed by atoms with van der Waals surface area (Å²) < 4.78 is 0. The molecule has 0 spiro atoms. The number of aliphatic carboxylic acids is 5. The summed E-state index contributed by atoms with van der Waals surface area (Å²) in [7, 11) is 0. The maximum Gasteiger partial charge on any atom is 0.324 e. The van der Waals surface area contributed by atoms with E-state index in [9.17, 15) is 24.0 Å². The molecule has 15 N–H and O–H groups in total. The van der Waals surface area contributed by atoms with Gasteiger partial charge in [-0.2, -0.15) is 37.9 Å². The summed E-state index contributed by atoms with van der Waals surface area (Å²) in [6.45, 7) is 7.46. The molecule has 0 radical (unpaired) electrons. The molecule has 0 saturated carbocycles. The van der Waals surface area contributed by atoms with Gasteiger partial charge in [0, 0.05) is 52.7 Å². The van der Waals surface area contributed by atoms with Crippen LogP contribution in [0, 0.1) is 0 Å². The zero-order chi connectivity index (χ0) is 51.3. The second-order valence-corrected chi connectivity index (χ2v) is 18.7. The van der Waals surface area contributed by atoms with Gasteiger partial charge in [0.15, 0.2) is 0 Å². The normalized spacial score (nSPS) is 15.0. The summed E-state index contributed by atoms with van der Waals surface area (Å²) in [5, 5.41) is 43.7. The Hall–Kier alpha value is -4.22. The number of carboxylic acid groups (broad SMARTS) is 5. The van der Waals surface area contributed by atoms with Gasteiger partial charge in [-0.1, -0.05) is 72.8 Å². The molecule has 0 aliphatic rings. The summed E-state index contributed by atoms with van der Waals surface area (Å²) in [6, 6.07) is 29.9. The van der Waals surface area contributed by atoms with E-state index in [2.05, 4.69) is 63.1 Å². The van der Waals surface area contributed by atoms with Crippen LogP contribution in [0.5, 0.6) is 0 Å². The summed E-state index contributed by atoms with van der Waals surface area (Å²) in [5.41, 5.74) is 27.5. The van der Waals surface area contributed by atoms with Crippen molar-refractivity contribution in [2.24, 2.45) is 28.7 Å². The Labute approximate surface area is 414 Å². The van der Waals surface area contributed by atoms with Crippen LogP contribution in [-0.2, 0) is 61.2 Å². The van der Waals surface area contributed by atoms with E-state index in [-0.39, 0.29) is 5.75 Å². The van der Waals surface area contributed by atoms with Gasteiger partial charge in [0.1, 0.15) is 27.7 Å². The molecule has 0 aliphatic heterocycles. The molecule has 0 heterocycles. The molecule has 364 valence electrons. The van der Waals surface area contributed by atoms with Crippen LogP contribution in [0.1, 0.15) is 68.0 Å². The van der Waals surface area contributed by atoms with E-state index in [4.69, 9.17) is 54.2 Å². The molecular weight excluding hydrogens is 943 g/mol. The van der Waals surface area contributed by atoms with Crippen molar-refractivity contribution in [1.82, 2.24) is 0 Å². The Balaban J connectivity index is 0.000000811. The van der Waals surface area contributed by atoms with E-state index in [1.807, 2.05) is 97.1 Å². The zero-order valence-corrected chi connectivity index (χ0v) is 42.1. The van der Waals surface area contributed by atoms with E-state index in [1.165, 1.54) is 34.6 Å². The van der Waals surface area contributed by atoms with Crippen LogP contribution in [-0.4, -0.2) is 88.8 Å². The second-order valence-electron chi connectivity index (χ2n) is 16.8. The minimum Gasteiger partial charge on any atom is -0.480 e. The topological polar surface area (TPSA) is 317 Å². The number of nitrogens with two attached hydrogens (primary N) is 5. The van der Waals surface area contributed by atoms with Gasteiger partial charge in [-0.05, 0) is 92.3 Å². The quantitative estimate of drug-likeness (QED) is 0.0635. The average molecular weight is 1010 g/mol. The summed E-state index contributed by atoms with van der Waals surface area (Å²) in [5.74, 6) is -3.51. The fourth-order valence-electron chi connectivity index (χ4n) is 4.95. The first-order chi connectivity index (χ1) is 30.2. The average Bonchev–Trinajstić information content (AvgIpc) is 3.22. The molecule has 0 fully saturated rings. The first-order valence-corrected chi connectivity index (χ1v) is 22.7. The molecule has 4 aromatic rings. The van der Waals surface area contributed by atoms with Crippen molar-refractivity contribution in [3.8, 4) is 0 Å². The number of rotatable bonds is 16. The molecular formula is C46H65N5O10S5. The standard InChI is InChI=1S/2C11H15NO2S.2C10H13NO2S.C4H9NO2S/c1-11(12,10(13)14)6-8-2-4-9(7-15)5-3-8;1-11(12,10(13)14)6-8-3-2-4-9(5-8)7-15;1-10(11,9(12)13)6-7-2-4-8(14)5-3-7;1-10(11,9(12)13)6-7-3-2-4-8(14)5-7;1-4(5,2-8)3(6)7/h2*2-5,15H,6-7,12H2,1H3,(H,13,14);2*2-5,14H,6,11H2,1H3,(H,12,13);8H,2,5H2,1H3,(H,6,7). The highest BCUT2D eigenvalue weighted by Crippen LogP contribution is 2.17. The number of benzene rings is 4. The highest BCUT2D eigenvalue weighted by atomic mass is 32.1. The molecule has 0 saturated heterocycles. The van der Waals surface area contributed by atoms with Gasteiger partial charge < -0.3 is 54.2 Å². The van der Waals surface area contributed by atoms with Crippen molar-refractivity contribution in [1.29, 1.82) is 0 Å². The van der Waals surface area contributed by atoms with Crippen LogP contribution in [0.2, 0.25) is 0 Å². The van der Waals surface area contributed by atoms with Gasteiger partial charge in [0.25, 0.3) is 0 Å². The van der Waals surface area contributed by atoms with Crippen LogP contribution in [0.15, 0.2) is 107 Å². The van der Waals surface area contributed by atoms with Crippen molar-refractivity contribution >= 4 is 93.0 Å². The minimum absolute atomic E-state index is 0.155. The molecule has 4 aromatic carbocycles. The lowest BCUT2D eigenvalue weighted by atomic mass is 9.93. The van der Waals surface area contributed by atoms with Gasteiger partial charge in [-0.3, -0.25) is 24.0 Å². The van der Waals surface area contributed by atoms with Crippen molar-refractivity contribution in [2.75, 3.05) is 5.75 Å². The lowest BCUT2D eigenvalue weighted by Gasteiger charge is -2.19. The molecule has 0 bridgehead atoms. The third-order valence-corrected chi connectivity index (χ3v) is 11.2. The number of thiol groups is 5. The van der Waals surface area contributed by atoms with Crippen LogP contribution in [0.25, 0.3) is 0 Å². The van der Waals surface area contributed by atoms with Gasteiger partial charge in [-0.15, -0.1) is 25.3 Å². The van der Waals surface area contributed by atoms with E-state index >= 15 is 0 Å². The molecule has 15 nitrogen and oxygen atoms in total. The van der Waals surface area contributed by atoms with Gasteiger partial charge >= 0.3 is 29.8 Å². The van der Waals surface area contributed by atoms with Gasteiger partial charge in [0.05, 0.1) is 0 Å². The molecule has 66 heavy (non-hydrogen) atoms. The van der Waals surface area contributed by atoms with E-state index < -0.39 is 57.5 Å². The Bertz CT molecular complexity index is 2190. The zero-order valence-electron chi connectivity index (χ0n) is 37.6. The summed E-state index contributed by atoms with van der Waals surface area (Å²) in [6.07, 6.45) is 1.27. The predicted molar refractivity (Wildman–Crippen MR) is 275 cm³/mol. The Morgan fingerprint density at radius 3 is 0.985 bits per heavy atom. The van der Waals surface area contributed by atoms with Crippen LogP contribution in [0.4, 0.5) is 0 Å². The monoisotopic (exact) mass is 1010 g/mol. The Kier molecular flexibility index (Phi) is 26.4. The van der Waals surface area contributed by atoms with E-state index in [0.717, 1.165) is 43.2 Å². The molecule has 0 aromatic heterocycles. The Morgan fingerprint density at radius 2 is 0.682 bits per heavy atom. The summed E-state index contributed by atoms with van der Waals surface area (Å²) >= 11 is 20.3. The van der Waals surface area contributed by atoms with Crippen molar-refractivity contribution in [3.63, 3.8) is 0 Å². The maximum atomic E-state index is 10.8. The first kappa shape index (κ1) is 61.8. The molecule has 0 aliphatic carbocycles. The molecule has 20 heteroatoms. The fraction of sp³-hybridized carbons (Fsp3) is 0.370. The number of hydrogen-bond acceptors (Lipinski definition) is 15. The smallest absolute Gasteiger partial charge is 0.324 e. The lowest BCUT2D eigenvalue weighted by molar-refractivity contribution is -0.143. The third-order valence-electron chi connectivity index (χ3n) is 9.28. The highest BCUT2D eigenvalue weighted by Gasteiger charge is 2.30. The SMILES string of the molecule is CC(N)(CS)C(=O)O.CC(N)(Cc1ccc(CS)cc1)C(=O)O.CC(N)(Cc1ccc(S)cc1)C(=O)O.CC(N)(Cc1cccc(CS)c1)C(=O)O.CC(N)(Cc1cccc(S)c1)C(=O)O. The molecule has 0 amide bonds.